The molecule has 0 aromatic carbocycles. The van der Waals surface area contributed by atoms with Crippen molar-refractivity contribution in [3.63, 3.8) is 0 Å². The van der Waals surface area contributed by atoms with Gasteiger partial charge in [-0.3, -0.25) is 0 Å². The first-order valence-electron chi connectivity index (χ1n) is 6.93. The molecule has 0 N–H and O–H groups in total. The van der Waals surface area contributed by atoms with Gasteiger partial charge >= 0.3 is 0 Å². The molecule has 106 valence electrons. The summed E-state index contributed by atoms with van der Waals surface area (Å²) in [5.74, 6) is 0. The molecule has 0 aromatic rings. The molecule has 0 saturated heterocycles. The predicted molar refractivity (Wildman–Crippen MR) is 72.3 cm³/mol. The second-order valence-electron chi connectivity index (χ2n) is 7.16. The second-order valence-corrected chi connectivity index (χ2v) is 7.16. The molecule has 1 fully saturated rings. The Kier molecular flexibility index (Phi) is 4.90. The third-order valence-corrected chi connectivity index (χ3v) is 2.61. The van der Waals surface area contributed by atoms with E-state index < -0.39 is 5.72 Å². The molecule has 0 bridgehead atoms. The average Bonchev–Trinajstić information content (AvgIpc) is 2.24. The highest BCUT2D eigenvalue weighted by Gasteiger charge is 2.36. The van der Waals surface area contributed by atoms with E-state index >= 15 is 0 Å². The fraction of sp³-hybridized carbons (Fsp3) is 1.00. The summed E-state index contributed by atoms with van der Waals surface area (Å²) in [6.45, 7) is 12.0. The van der Waals surface area contributed by atoms with Crippen LogP contribution in [0.15, 0.2) is 10.2 Å². The van der Waals surface area contributed by atoms with Crippen LogP contribution in [0, 0.1) is 0 Å². The van der Waals surface area contributed by atoms with Gasteiger partial charge in [0.2, 0.25) is 5.72 Å². The van der Waals surface area contributed by atoms with Crippen LogP contribution in [-0.4, -0.2) is 16.9 Å². The topological polar surface area (TPSA) is 43.2 Å². The van der Waals surface area contributed by atoms with Crippen LogP contribution in [0.4, 0.5) is 0 Å². The lowest BCUT2D eigenvalue weighted by Gasteiger charge is -2.34. The minimum Gasteiger partial charge on any atom is -0.228 e. The largest absolute Gasteiger partial charge is 0.228 e. The first kappa shape index (κ1) is 15.6. The molecule has 1 saturated carbocycles. The van der Waals surface area contributed by atoms with Gasteiger partial charge in [-0.1, -0.05) is 6.42 Å². The Morgan fingerprint density at radius 1 is 0.889 bits per heavy atom. The lowest BCUT2D eigenvalue weighted by atomic mass is 9.92. The lowest BCUT2D eigenvalue weighted by molar-refractivity contribution is -0.408. The second kappa shape index (κ2) is 5.66. The lowest BCUT2D eigenvalue weighted by Crippen LogP contribution is -2.36. The minimum absolute atomic E-state index is 0.171. The van der Waals surface area contributed by atoms with Crippen LogP contribution >= 0.6 is 0 Å². The fourth-order valence-electron chi connectivity index (χ4n) is 1.75. The fourth-order valence-corrected chi connectivity index (χ4v) is 1.75. The van der Waals surface area contributed by atoms with Crippen LogP contribution in [0.1, 0.15) is 73.6 Å². The molecule has 0 spiro atoms. The first-order chi connectivity index (χ1) is 8.12. The predicted octanol–water partition coefficient (Wildman–Crippen LogP) is 4.64. The highest BCUT2D eigenvalue weighted by Crippen LogP contribution is 2.35. The van der Waals surface area contributed by atoms with Crippen molar-refractivity contribution >= 4 is 0 Å². The maximum atomic E-state index is 5.67. The minimum atomic E-state index is -0.571. The quantitative estimate of drug-likeness (QED) is 0.419. The number of azo groups is 1. The Morgan fingerprint density at radius 2 is 1.44 bits per heavy atom. The van der Waals surface area contributed by atoms with Crippen molar-refractivity contribution in [3.05, 3.63) is 0 Å². The van der Waals surface area contributed by atoms with E-state index in [0.717, 1.165) is 25.7 Å². The smallest absolute Gasteiger partial charge is 0.212 e. The van der Waals surface area contributed by atoms with Crippen molar-refractivity contribution in [3.8, 4) is 0 Å². The standard InChI is InChI=1S/C14H28N2O2/c1-12(2,3)15-16-14(10-8-7-9-11-14)18-17-13(4,5)6/h7-11H2,1-6H3/b16-15+. The molecule has 1 aliphatic rings. The molecule has 18 heavy (non-hydrogen) atoms. The van der Waals surface area contributed by atoms with Gasteiger partial charge in [-0.05, 0) is 54.4 Å². The monoisotopic (exact) mass is 256 g/mol. The van der Waals surface area contributed by atoms with Crippen LogP contribution in [0.2, 0.25) is 0 Å². The first-order valence-corrected chi connectivity index (χ1v) is 6.93. The molecular weight excluding hydrogens is 228 g/mol. The van der Waals surface area contributed by atoms with Gasteiger partial charge in [0.1, 0.15) is 0 Å². The zero-order chi connectivity index (χ0) is 13.9. The summed E-state index contributed by atoms with van der Waals surface area (Å²) in [7, 11) is 0. The molecule has 0 radical (unpaired) electrons. The van der Waals surface area contributed by atoms with E-state index in [4.69, 9.17) is 9.78 Å². The van der Waals surface area contributed by atoms with Gasteiger partial charge in [0.25, 0.3) is 0 Å². The molecule has 4 heteroatoms. The van der Waals surface area contributed by atoms with Crippen LogP contribution in [0.3, 0.4) is 0 Å². The van der Waals surface area contributed by atoms with Crippen LogP contribution in [0.5, 0.6) is 0 Å². The summed E-state index contributed by atoms with van der Waals surface area (Å²) in [5.41, 5.74) is -1.06. The van der Waals surface area contributed by atoms with Crippen molar-refractivity contribution in [2.24, 2.45) is 10.2 Å². The molecule has 0 atom stereocenters. The highest BCUT2D eigenvalue weighted by molar-refractivity contribution is 4.81. The molecule has 0 aliphatic heterocycles. The average molecular weight is 256 g/mol. The summed E-state index contributed by atoms with van der Waals surface area (Å²) < 4.78 is 0. The zero-order valence-corrected chi connectivity index (χ0v) is 12.7. The molecule has 0 amide bonds. The number of nitrogens with zero attached hydrogens (tertiary/aromatic N) is 2. The Hall–Kier alpha value is -0.480. The van der Waals surface area contributed by atoms with Crippen molar-refractivity contribution < 1.29 is 9.78 Å². The Morgan fingerprint density at radius 3 is 1.89 bits per heavy atom. The van der Waals surface area contributed by atoms with Crippen LogP contribution in [-0.2, 0) is 9.78 Å². The molecule has 1 rings (SSSR count). The van der Waals surface area contributed by atoms with E-state index in [1.54, 1.807) is 0 Å². The number of rotatable bonds is 3. The summed E-state index contributed by atoms with van der Waals surface area (Å²) in [5, 5.41) is 8.84. The summed E-state index contributed by atoms with van der Waals surface area (Å²) in [6.07, 6.45) is 5.27. The van der Waals surface area contributed by atoms with Crippen LogP contribution in [0.25, 0.3) is 0 Å². The van der Waals surface area contributed by atoms with E-state index in [0.29, 0.717) is 0 Å². The van der Waals surface area contributed by atoms with Crippen molar-refractivity contribution in [2.45, 2.75) is 90.5 Å². The molecule has 0 heterocycles. The van der Waals surface area contributed by atoms with Gasteiger partial charge in [-0.25, -0.2) is 9.78 Å². The van der Waals surface area contributed by atoms with E-state index in [-0.39, 0.29) is 11.1 Å². The Balaban J connectivity index is 2.72. The molecule has 4 nitrogen and oxygen atoms in total. The molecular formula is C14H28N2O2. The van der Waals surface area contributed by atoms with Gasteiger partial charge in [0.15, 0.2) is 0 Å². The van der Waals surface area contributed by atoms with Crippen molar-refractivity contribution in [2.75, 3.05) is 0 Å². The van der Waals surface area contributed by atoms with Crippen molar-refractivity contribution in [1.82, 2.24) is 0 Å². The SMILES string of the molecule is CC(C)(C)/N=N/C1(OOC(C)(C)C)CCCCC1. The van der Waals surface area contributed by atoms with Gasteiger partial charge in [-0.15, -0.1) is 0 Å². The normalized spacial score (nSPS) is 21.4. The summed E-state index contributed by atoms with van der Waals surface area (Å²) in [4.78, 5) is 11.2. The molecule has 0 unspecified atom stereocenters. The van der Waals surface area contributed by atoms with Crippen LogP contribution < -0.4 is 0 Å². The Bertz CT molecular complexity index is 281. The number of hydrogen-bond acceptors (Lipinski definition) is 4. The number of hydrogen-bond donors (Lipinski definition) is 0. The maximum Gasteiger partial charge on any atom is 0.212 e. The van der Waals surface area contributed by atoms with Gasteiger partial charge in [0, 0.05) is 12.8 Å². The van der Waals surface area contributed by atoms with E-state index in [9.17, 15) is 0 Å². The van der Waals surface area contributed by atoms with Gasteiger partial charge < -0.3 is 0 Å². The third kappa shape index (κ3) is 5.91. The van der Waals surface area contributed by atoms with Crippen molar-refractivity contribution in [1.29, 1.82) is 0 Å². The van der Waals surface area contributed by atoms with Gasteiger partial charge in [0.05, 0.1) is 11.1 Å². The summed E-state index contributed by atoms with van der Waals surface area (Å²) in [6, 6.07) is 0. The van der Waals surface area contributed by atoms with E-state index in [1.807, 2.05) is 41.5 Å². The molecule has 0 aromatic heterocycles. The third-order valence-electron chi connectivity index (χ3n) is 2.61. The maximum absolute atomic E-state index is 5.67. The molecule has 1 aliphatic carbocycles. The Labute approximate surface area is 111 Å². The van der Waals surface area contributed by atoms with E-state index in [1.165, 1.54) is 6.42 Å². The highest BCUT2D eigenvalue weighted by atomic mass is 17.2. The van der Waals surface area contributed by atoms with Gasteiger partial charge in [-0.2, -0.15) is 10.2 Å². The zero-order valence-electron chi connectivity index (χ0n) is 12.7. The van der Waals surface area contributed by atoms with E-state index in [2.05, 4.69) is 10.2 Å². The summed E-state index contributed by atoms with van der Waals surface area (Å²) >= 11 is 0.